The number of aryl methyl sites for hydroxylation is 1. The molecule has 5 heteroatoms. The second-order valence-electron chi connectivity index (χ2n) is 5.15. The van der Waals surface area contributed by atoms with Crippen LogP contribution in [0.15, 0.2) is 29.8 Å². The molecule has 0 radical (unpaired) electrons. The molecule has 21 heavy (non-hydrogen) atoms. The molecule has 1 aromatic carbocycles. The van der Waals surface area contributed by atoms with E-state index in [4.69, 9.17) is 10.5 Å². The van der Waals surface area contributed by atoms with Crippen LogP contribution in [0, 0.1) is 6.92 Å². The molecule has 2 rings (SSSR count). The van der Waals surface area contributed by atoms with Crippen molar-refractivity contribution in [1.82, 2.24) is 9.88 Å². The van der Waals surface area contributed by atoms with E-state index >= 15 is 0 Å². The first-order chi connectivity index (χ1) is 10.2. The zero-order valence-electron chi connectivity index (χ0n) is 12.7. The van der Waals surface area contributed by atoms with E-state index in [0.29, 0.717) is 6.54 Å². The van der Waals surface area contributed by atoms with Crippen LogP contribution in [0.2, 0.25) is 0 Å². The number of rotatable bonds is 8. The second-order valence-corrected chi connectivity index (χ2v) is 6.09. The van der Waals surface area contributed by atoms with Crippen LogP contribution in [0.3, 0.4) is 0 Å². The lowest BCUT2D eigenvalue weighted by atomic mass is 10.2. The van der Waals surface area contributed by atoms with Crippen molar-refractivity contribution in [2.75, 3.05) is 20.2 Å². The van der Waals surface area contributed by atoms with E-state index in [1.807, 2.05) is 29.8 Å². The average molecular weight is 305 g/mol. The highest BCUT2D eigenvalue weighted by atomic mass is 32.1. The smallest absolute Gasteiger partial charge is 0.119 e. The Balaban J connectivity index is 1.65. The topological polar surface area (TPSA) is 51.4 Å². The molecule has 0 aliphatic rings. The van der Waals surface area contributed by atoms with Gasteiger partial charge in [0.15, 0.2) is 0 Å². The summed E-state index contributed by atoms with van der Waals surface area (Å²) in [5.41, 5.74) is 9.75. The third kappa shape index (κ3) is 5.12. The Bertz CT molecular complexity index is 539. The summed E-state index contributed by atoms with van der Waals surface area (Å²) in [6.07, 6.45) is 1.01. The highest BCUT2D eigenvalue weighted by molar-refractivity contribution is 7.09. The maximum absolute atomic E-state index is 5.74. The summed E-state index contributed by atoms with van der Waals surface area (Å²) in [5.74, 6) is 0.910. The lowest BCUT2D eigenvalue weighted by Gasteiger charge is -2.16. The molecular weight excluding hydrogens is 282 g/mol. The minimum absolute atomic E-state index is 0.571. The highest BCUT2D eigenvalue weighted by Gasteiger charge is 2.05. The van der Waals surface area contributed by atoms with Crippen molar-refractivity contribution in [3.05, 3.63) is 45.9 Å². The van der Waals surface area contributed by atoms with Gasteiger partial charge in [0.05, 0.1) is 17.8 Å². The van der Waals surface area contributed by atoms with Gasteiger partial charge in [-0.2, -0.15) is 0 Å². The molecule has 1 heterocycles. The minimum Gasteiger partial charge on any atom is -0.494 e. The molecule has 0 aliphatic carbocycles. The Labute approximate surface area is 130 Å². The van der Waals surface area contributed by atoms with E-state index in [9.17, 15) is 0 Å². The first-order valence-corrected chi connectivity index (χ1v) is 8.06. The molecule has 0 bridgehead atoms. The van der Waals surface area contributed by atoms with Crippen LogP contribution in [0.4, 0.5) is 0 Å². The highest BCUT2D eigenvalue weighted by Crippen LogP contribution is 2.15. The number of thiazole rings is 1. The summed E-state index contributed by atoms with van der Waals surface area (Å²) in [6, 6.07) is 7.97. The first kappa shape index (κ1) is 15.9. The largest absolute Gasteiger partial charge is 0.494 e. The Morgan fingerprint density at radius 1 is 1.29 bits per heavy atom. The molecule has 0 saturated heterocycles. The van der Waals surface area contributed by atoms with Gasteiger partial charge in [-0.3, -0.25) is 0 Å². The third-order valence-corrected chi connectivity index (χ3v) is 4.29. The second kappa shape index (κ2) is 8.12. The molecule has 0 fully saturated rings. The molecule has 0 amide bonds. The normalized spacial score (nSPS) is 11.0. The molecule has 0 unspecified atom stereocenters. The van der Waals surface area contributed by atoms with E-state index in [2.05, 4.69) is 23.9 Å². The van der Waals surface area contributed by atoms with Gasteiger partial charge in [-0.15, -0.1) is 11.3 Å². The van der Waals surface area contributed by atoms with Crippen LogP contribution >= 0.6 is 11.3 Å². The Kier molecular flexibility index (Phi) is 6.17. The summed E-state index contributed by atoms with van der Waals surface area (Å²) >= 11 is 1.72. The lowest BCUT2D eigenvalue weighted by molar-refractivity contribution is 0.259. The predicted octanol–water partition coefficient (Wildman–Crippen LogP) is 2.81. The zero-order valence-corrected chi connectivity index (χ0v) is 13.5. The number of hydrogen-bond acceptors (Lipinski definition) is 5. The molecule has 0 saturated carbocycles. The number of aromatic nitrogens is 1. The standard InChI is InChI=1S/C16H23N3OS/c1-13-16(21-12-18-13)11-19(2)8-3-9-20-15-6-4-14(10-17)5-7-15/h4-7,12H,3,8-11,17H2,1-2H3. The lowest BCUT2D eigenvalue weighted by Crippen LogP contribution is -2.20. The number of nitrogens with two attached hydrogens (primary N) is 1. The van der Waals surface area contributed by atoms with Crippen LogP contribution in [0.25, 0.3) is 0 Å². The van der Waals surface area contributed by atoms with Crippen molar-refractivity contribution in [3.8, 4) is 5.75 Å². The van der Waals surface area contributed by atoms with Gasteiger partial charge in [0, 0.05) is 24.5 Å². The minimum atomic E-state index is 0.571. The van der Waals surface area contributed by atoms with Crippen LogP contribution in [0.5, 0.6) is 5.75 Å². The first-order valence-electron chi connectivity index (χ1n) is 7.18. The van der Waals surface area contributed by atoms with E-state index < -0.39 is 0 Å². The molecule has 2 aromatic rings. The van der Waals surface area contributed by atoms with Crippen molar-refractivity contribution in [2.45, 2.75) is 26.4 Å². The van der Waals surface area contributed by atoms with Crippen molar-refractivity contribution >= 4 is 11.3 Å². The van der Waals surface area contributed by atoms with Gasteiger partial charge in [-0.25, -0.2) is 4.98 Å². The molecule has 0 spiro atoms. The zero-order chi connectivity index (χ0) is 15.1. The van der Waals surface area contributed by atoms with Crippen LogP contribution < -0.4 is 10.5 Å². The maximum atomic E-state index is 5.74. The van der Waals surface area contributed by atoms with Gasteiger partial charge in [0.2, 0.25) is 0 Å². The number of nitrogens with zero attached hydrogens (tertiary/aromatic N) is 2. The molecule has 4 nitrogen and oxygen atoms in total. The molecular formula is C16H23N3OS. The molecule has 0 atom stereocenters. The van der Waals surface area contributed by atoms with Gasteiger partial charge in [-0.05, 0) is 38.1 Å². The van der Waals surface area contributed by atoms with E-state index in [1.54, 1.807) is 11.3 Å². The van der Waals surface area contributed by atoms with Gasteiger partial charge in [-0.1, -0.05) is 12.1 Å². The fraction of sp³-hybridized carbons (Fsp3) is 0.438. The van der Waals surface area contributed by atoms with Gasteiger partial charge in [0.25, 0.3) is 0 Å². The number of ether oxygens (including phenoxy) is 1. The van der Waals surface area contributed by atoms with Gasteiger partial charge in [0.1, 0.15) is 5.75 Å². The van der Waals surface area contributed by atoms with Crippen LogP contribution in [-0.4, -0.2) is 30.1 Å². The quantitative estimate of drug-likeness (QED) is 0.762. The van der Waals surface area contributed by atoms with Crippen molar-refractivity contribution in [3.63, 3.8) is 0 Å². The summed E-state index contributed by atoms with van der Waals surface area (Å²) in [5, 5.41) is 0. The van der Waals surface area contributed by atoms with Crippen LogP contribution in [0.1, 0.15) is 22.6 Å². The monoisotopic (exact) mass is 305 g/mol. The van der Waals surface area contributed by atoms with E-state index in [1.165, 1.54) is 4.88 Å². The Morgan fingerprint density at radius 2 is 2.05 bits per heavy atom. The van der Waals surface area contributed by atoms with E-state index in [0.717, 1.165) is 43.1 Å². The average Bonchev–Trinajstić information content (AvgIpc) is 2.89. The van der Waals surface area contributed by atoms with Crippen molar-refractivity contribution < 1.29 is 4.74 Å². The summed E-state index contributed by atoms with van der Waals surface area (Å²) in [4.78, 5) is 7.93. The summed E-state index contributed by atoms with van der Waals surface area (Å²) in [6.45, 7) is 5.34. The number of hydrogen-bond donors (Lipinski definition) is 1. The van der Waals surface area contributed by atoms with Gasteiger partial charge >= 0.3 is 0 Å². The third-order valence-electron chi connectivity index (χ3n) is 3.37. The Hall–Kier alpha value is -1.43. The molecule has 2 N–H and O–H groups in total. The predicted molar refractivity (Wildman–Crippen MR) is 87.6 cm³/mol. The Morgan fingerprint density at radius 3 is 2.67 bits per heavy atom. The molecule has 114 valence electrons. The van der Waals surface area contributed by atoms with Gasteiger partial charge < -0.3 is 15.4 Å². The summed E-state index contributed by atoms with van der Waals surface area (Å²) < 4.78 is 5.74. The van der Waals surface area contributed by atoms with E-state index in [-0.39, 0.29) is 0 Å². The summed E-state index contributed by atoms with van der Waals surface area (Å²) in [7, 11) is 2.13. The molecule has 0 aliphatic heterocycles. The molecule has 1 aromatic heterocycles. The maximum Gasteiger partial charge on any atom is 0.119 e. The fourth-order valence-electron chi connectivity index (χ4n) is 2.05. The van der Waals surface area contributed by atoms with Crippen LogP contribution in [-0.2, 0) is 13.1 Å². The number of benzene rings is 1. The SMILES string of the molecule is Cc1ncsc1CN(C)CCCOc1ccc(CN)cc1. The van der Waals surface area contributed by atoms with Crippen molar-refractivity contribution in [2.24, 2.45) is 5.73 Å². The van der Waals surface area contributed by atoms with Crippen molar-refractivity contribution in [1.29, 1.82) is 0 Å². The fourth-order valence-corrected chi connectivity index (χ4v) is 2.90.